The van der Waals surface area contributed by atoms with Crippen LogP contribution in [0.15, 0.2) is 41.1 Å². The van der Waals surface area contributed by atoms with Gasteiger partial charge < -0.3 is 19.7 Å². The van der Waals surface area contributed by atoms with Crippen LogP contribution in [0.2, 0.25) is 0 Å². The number of anilines is 2. The summed E-state index contributed by atoms with van der Waals surface area (Å²) < 4.78 is 26.1. The van der Waals surface area contributed by atoms with Crippen molar-refractivity contribution in [2.45, 2.75) is 12.8 Å². The summed E-state index contributed by atoms with van der Waals surface area (Å²) in [6.07, 6.45) is 3.74. The number of aromatic nitrogens is 2. The first kappa shape index (κ1) is 20.8. The van der Waals surface area contributed by atoms with Crippen molar-refractivity contribution in [1.29, 1.82) is 0 Å². The Morgan fingerprint density at radius 1 is 1.13 bits per heavy atom. The second-order valence-electron chi connectivity index (χ2n) is 7.58. The number of piperidine rings is 1. The van der Waals surface area contributed by atoms with Crippen molar-refractivity contribution >= 4 is 38.3 Å². The van der Waals surface area contributed by atoms with Crippen LogP contribution in [0.4, 0.5) is 15.9 Å². The zero-order chi connectivity index (χ0) is 21.1. The molecular formula is C22H24BrFN4O2. The Labute approximate surface area is 183 Å². The van der Waals surface area contributed by atoms with Gasteiger partial charge in [-0.3, -0.25) is 0 Å². The summed E-state index contributed by atoms with van der Waals surface area (Å²) in [5, 5.41) is 3.93. The molecule has 0 unspecified atom stereocenters. The number of likely N-dealkylation sites (tertiary alicyclic amines) is 1. The van der Waals surface area contributed by atoms with Crippen molar-refractivity contribution in [2.75, 3.05) is 39.2 Å². The molecule has 0 atom stereocenters. The molecule has 1 fully saturated rings. The van der Waals surface area contributed by atoms with Crippen molar-refractivity contribution in [2.24, 2.45) is 5.92 Å². The van der Waals surface area contributed by atoms with E-state index in [1.54, 1.807) is 13.2 Å². The molecule has 30 heavy (non-hydrogen) atoms. The summed E-state index contributed by atoms with van der Waals surface area (Å²) in [5.74, 6) is 2.05. The van der Waals surface area contributed by atoms with E-state index in [-0.39, 0.29) is 5.82 Å². The Hall–Kier alpha value is -2.45. The number of hydrogen-bond donors (Lipinski definition) is 1. The van der Waals surface area contributed by atoms with E-state index < -0.39 is 0 Å². The van der Waals surface area contributed by atoms with Gasteiger partial charge in [0.05, 0.1) is 19.2 Å². The molecule has 0 spiro atoms. The third-order valence-electron chi connectivity index (χ3n) is 5.36. The Bertz CT molecular complexity index is 1020. The lowest BCUT2D eigenvalue weighted by molar-refractivity contribution is 0.157. The average Bonchev–Trinajstić information content (AvgIpc) is 2.72. The maximum absolute atomic E-state index is 13.7. The molecule has 6 nitrogen and oxygen atoms in total. The van der Waals surface area contributed by atoms with Crippen LogP contribution in [0.5, 0.6) is 11.5 Å². The smallest absolute Gasteiger partial charge is 0.163 e. The number of benzene rings is 2. The molecule has 2 aromatic carbocycles. The van der Waals surface area contributed by atoms with Gasteiger partial charge in [-0.25, -0.2) is 14.4 Å². The third kappa shape index (κ3) is 4.82. The molecule has 2 heterocycles. The zero-order valence-corrected chi connectivity index (χ0v) is 18.6. The molecule has 1 aromatic heterocycles. The summed E-state index contributed by atoms with van der Waals surface area (Å²) in [6.45, 7) is 2.85. The minimum Gasteiger partial charge on any atom is -0.493 e. The monoisotopic (exact) mass is 474 g/mol. The van der Waals surface area contributed by atoms with Gasteiger partial charge in [-0.05, 0) is 63.2 Å². The van der Waals surface area contributed by atoms with E-state index in [0.717, 1.165) is 36.8 Å². The first-order chi connectivity index (χ1) is 14.5. The number of halogens is 2. The second kappa shape index (κ2) is 9.14. The van der Waals surface area contributed by atoms with E-state index in [1.165, 1.54) is 18.5 Å². The van der Waals surface area contributed by atoms with Gasteiger partial charge in [-0.1, -0.05) is 15.9 Å². The van der Waals surface area contributed by atoms with Gasteiger partial charge in [0.25, 0.3) is 0 Å². The SMILES string of the molecule is COc1cc2c(Nc3cc(F)cc(Br)c3)ncnc2cc1OCC1CCN(C)CC1. The molecule has 1 aliphatic heterocycles. The number of rotatable bonds is 6. The normalized spacial score (nSPS) is 15.3. The molecule has 1 aliphatic rings. The molecule has 1 N–H and O–H groups in total. The molecule has 158 valence electrons. The van der Waals surface area contributed by atoms with Crippen LogP contribution < -0.4 is 14.8 Å². The van der Waals surface area contributed by atoms with Crippen LogP contribution in [0.3, 0.4) is 0 Å². The molecule has 0 bridgehead atoms. The fourth-order valence-electron chi connectivity index (χ4n) is 3.64. The highest BCUT2D eigenvalue weighted by molar-refractivity contribution is 9.10. The quantitative estimate of drug-likeness (QED) is 0.542. The Morgan fingerprint density at radius 2 is 1.93 bits per heavy atom. The van der Waals surface area contributed by atoms with E-state index >= 15 is 0 Å². The predicted molar refractivity (Wildman–Crippen MR) is 119 cm³/mol. The highest BCUT2D eigenvalue weighted by atomic mass is 79.9. The van der Waals surface area contributed by atoms with Crippen LogP contribution in [-0.2, 0) is 0 Å². The third-order valence-corrected chi connectivity index (χ3v) is 5.82. The summed E-state index contributed by atoms with van der Waals surface area (Å²) >= 11 is 3.31. The Morgan fingerprint density at radius 3 is 2.67 bits per heavy atom. The van der Waals surface area contributed by atoms with Crippen LogP contribution in [0.1, 0.15) is 12.8 Å². The van der Waals surface area contributed by atoms with Crippen LogP contribution in [0.25, 0.3) is 10.9 Å². The summed E-state index contributed by atoms with van der Waals surface area (Å²) in [7, 11) is 3.77. The molecule has 0 radical (unpaired) electrons. The number of hydrogen-bond acceptors (Lipinski definition) is 6. The molecule has 4 rings (SSSR count). The fourth-order valence-corrected chi connectivity index (χ4v) is 4.10. The van der Waals surface area contributed by atoms with Crippen molar-refractivity contribution in [3.63, 3.8) is 0 Å². The topological polar surface area (TPSA) is 59.5 Å². The lowest BCUT2D eigenvalue weighted by Crippen LogP contribution is -2.32. The van der Waals surface area contributed by atoms with E-state index in [2.05, 4.69) is 43.2 Å². The number of fused-ring (bicyclic) bond motifs is 1. The van der Waals surface area contributed by atoms with Gasteiger partial charge in [-0.2, -0.15) is 0 Å². The van der Waals surface area contributed by atoms with Crippen molar-refractivity contribution in [3.05, 3.63) is 46.9 Å². The average molecular weight is 475 g/mol. The van der Waals surface area contributed by atoms with Gasteiger partial charge in [0.15, 0.2) is 11.5 Å². The molecule has 8 heteroatoms. The van der Waals surface area contributed by atoms with Gasteiger partial charge in [-0.15, -0.1) is 0 Å². The lowest BCUT2D eigenvalue weighted by atomic mass is 9.98. The number of nitrogens with zero attached hydrogens (tertiary/aromatic N) is 3. The maximum Gasteiger partial charge on any atom is 0.163 e. The Kier molecular flexibility index (Phi) is 6.34. The van der Waals surface area contributed by atoms with E-state index in [1.807, 2.05) is 12.1 Å². The molecule has 1 saturated heterocycles. The van der Waals surface area contributed by atoms with E-state index in [4.69, 9.17) is 9.47 Å². The van der Waals surface area contributed by atoms with E-state index in [0.29, 0.717) is 40.0 Å². The number of methoxy groups -OCH3 is 1. The minimum atomic E-state index is -0.340. The summed E-state index contributed by atoms with van der Waals surface area (Å²) in [4.78, 5) is 11.1. The molecule has 0 amide bonds. The summed E-state index contributed by atoms with van der Waals surface area (Å²) in [5.41, 5.74) is 1.31. The van der Waals surface area contributed by atoms with Crippen molar-refractivity contribution < 1.29 is 13.9 Å². The molecule has 0 saturated carbocycles. The van der Waals surface area contributed by atoms with E-state index in [9.17, 15) is 4.39 Å². The van der Waals surface area contributed by atoms with Gasteiger partial charge in [0, 0.05) is 21.6 Å². The van der Waals surface area contributed by atoms with Gasteiger partial charge >= 0.3 is 0 Å². The van der Waals surface area contributed by atoms with Crippen LogP contribution in [-0.4, -0.2) is 48.7 Å². The van der Waals surface area contributed by atoms with Gasteiger partial charge in [0.1, 0.15) is 18.0 Å². The Balaban J connectivity index is 1.58. The van der Waals surface area contributed by atoms with Crippen molar-refractivity contribution in [1.82, 2.24) is 14.9 Å². The molecule has 0 aliphatic carbocycles. The predicted octanol–water partition coefficient (Wildman–Crippen LogP) is 5.00. The highest BCUT2D eigenvalue weighted by Crippen LogP contribution is 2.35. The number of ether oxygens (including phenoxy) is 2. The standard InChI is InChI=1S/C22H24BrFN4O2/c1-28-5-3-14(4-6-28)12-30-21-11-19-18(10-20(21)29-2)22(26-13-25-19)27-17-8-15(23)7-16(24)9-17/h7-11,13-14H,3-6,12H2,1-2H3,(H,25,26,27). The fraction of sp³-hybridized carbons (Fsp3) is 0.364. The lowest BCUT2D eigenvalue weighted by Gasteiger charge is -2.28. The van der Waals surface area contributed by atoms with Gasteiger partial charge in [0.2, 0.25) is 0 Å². The minimum absolute atomic E-state index is 0.340. The number of nitrogens with one attached hydrogen (secondary N) is 1. The maximum atomic E-state index is 13.7. The first-order valence-electron chi connectivity index (χ1n) is 9.89. The largest absolute Gasteiger partial charge is 0.493 e. The summed E-state index contributed by atoms with van der Waals surface area (Å²) in [6, 6.07) is 8.33. The molecular weight excluding hydrogens is 451 g/mol. The second-order valence-corrected chi connectivity index (χ2v) is 8.50. The van der Waals surface area contributed by atoms with Crippen LogP contribution >= 0.6 is 15.9 Å². The first-order valence-corrected chi connectivity index (χ1v) is 10.7. The molecule has 3 aromatic rings. The highest BCUT2D eigenvalue weighted by Gasteiger charge is 2.19. The van der Waals surface area contributed by atoms with Crippen molar-refractivity contribution in [3.8, 4) is 11.5 Å². The van der Waals surface area contributed by atoms with Crippen LogP contribution in [0, 0.1) is 11.7 Å². The zero-order valence-electron chi connectivity index (χ0n) is 17.0.